The zero-order valence-corrected chi connectivity index (χ0v) is 29.3. The van der Waals surface area contributed by atoms with E-state index < -0.39 is 29.8 Å². The lowest BCUT2D eigenvalue weighted by molar-refractivity contribution is -0.605. The molecule has 3 aliphatic heterocycles. The molecular weight excluding hydrogens is 707 g/mol. The molecule has 51 heavy (non-hydrogen) atoms. The quantitative estimate of drug-likeness (QED) is 0.0897. The van der Waals surface area contributed by atoms with Crippen molar-refractivity contribution in [3.05, 3.63) is 122 Å². The van der Waals surface area contributed by atoms with Crippen LogP contribution in [0.4, 0.5) is 19.3 Å². The number of carbonyl (C=O) groups is 2. The molecule has 0 spiro atoms. The highest BCUT2D eigenvalue weighted by atomic mass is 35.5. The Kier molecular flexibility index (Phi) is 11.1. The molecule has 1 amide bonds. The van der Waals surface area contributed by atoms with Gasteiger partial charge in [0.05, 0.1) is 32.0 Å². The van der Waals surface area contributed by atoms with Crippen molar-refractivity contribution in [2.45, 2.75) is 38.0 Å². The fourth-order valence-electron chi connectivity index (χ4n) is 6.50. The summed E-state index contributed by atoms with van der Waals surface area (Å²) in [7, 11) is 2.97. The number of hydrogen-bond acceptors (Lipinski definition) is 8. The number of amides is 1. The first-order valence-corrected chi connectivity index (χ1v) is 17.0. The smallest absolute Gasteiger partial charge is 0.415 e. The number of aromatic nitrogens is 1. The third-order valence-corrected chi connectivity index (χ3v) is 9.93. The number of halogens is 4. The lowest BCUT2D eigenvalue weighted by Gasteiger charge is -2.44. The number of fused-ring (bicyclic) bond motifs is 3. The number of hydrogen-bond donors (Lipinski definition) is 0. The van der Waals surface area contributed by atoms with Crippen LogP contribution in [0.15, 0.2) is 73.1 Å². The van der Waals surface area contributed by atoms with Gasteiger partial charge in [-0.25, -0.2) is 18.4 Å². The highest BCUT2D eigenvalue weighted by molar-refractivity contribution is 6.35. The monoisotopic (exact) mass is 741 g/mol. The summed E-state index contributed by atoms with van der Waals surface area (Å²) in [5, 5.41) is 12.0. The fourth-order valence-corrected chi connectivity index (χ4v) is 7.09. The molecule has 2 atom stereocenters. The minimum absolute atomic E-state index is 0.0215. The van der Waals surface area contributed by atoms with Crippen LogP contribution in [0.25, 0.3) is 0 Å². The molecule has 0 N–H and O–H groups in total. The highest BCUT2D eigenvalue weighted by Crippen LogP contribution is 2.36. The van der Waals surface area contributed by atoms with E-state index >= 15 is 4.39 Å². The molecule has 2 bridgehead atoms. The van der Waals surface area contributed by atoms with Gasteiger partial charge in [-0.2, -0.15) is 4.73 Å². The Morgan fingerprint density at radius 2 is 1.65 bits per heavy atom. The van der Waals surface area contributed by atoms with E-state index in [1.807, 2.05) is 0 Å². The first kappa shape index (κ1) is 36.2. The Balaban J connectivity index is 1.23. The van der Waals surface area contributed by atoms with Crippen molar-refractivity contribution in [3.8, 4) is 11.5 Å². The van der Waals surface area contributed by atoms with Gasteiger partial charge >= 0.3 is 12.1 Å². The Morgan fingerprint density at radius 1 is 0.961 bits per heavy atom. The van der Waals surface area contributed by atoms with Gasteiger partial charge in [-0.15, -0.1) is 0 Å². The summed E-state index contributed by atoms with van der Waals surface area (Å²) in [5.41, 5.74) is 1.36. The molecule has 0 radical (unpaired) electrons. The number of piperidine rings is 3. The van der Waals surface area contributed by atoms with Gasteiger partial charge in [-0.05, 0) is 79.4 Å². The average molecular weight is 743 g/mol. The zero-order chi connectivity index (χ0) is 36.2. The van der Waals surface area contributed by atoms with Crippen LogP contribution in [0.1, 0.15) is 46.0 Å². The third kappa shape index (κ3) is 8.30. The van der Waals surface area contributed by atoms with Crippen molar-refractivity contribution in [2.75, 3.05) is 38.8 Å². The minimum atomic E-state index is -0.929. The van der Waals surface area contributed by atoms with Gasteiger partial charge in [-0.1, -0.05) is 41.4 Å². The Morgan fingerprint density at radius 3 is 2.27 bits per heavy atom. The summed E-state index contributed by atoms with van der Waals surface area (Å²) in [6.07, 6.45) is 2.07. The van der Waals surface area contributed by atoms with Crippen molar-refractivity contribution < 1.29 is 42.0 Å². The molecule has 1 aromatic heterocycles. The van der Waals surface area contributed by atoms with Gasteiger partial charge in [0.25, 0.3) is 0 Å². The number of benzene rings is 3. The predicted octanol–water partition coefficient (Wildman–Crippen LogP) is 7.30. The number of methoxy groups -OCH3 is 2. The third-order valence-electron chi connectivity index (χ3n) is 9.27. The van der Waals surface area contributed by atoms with Crippen molar-refractivity contribution in [1.29, 1.82) is 0 Å². The van der Waals surface area contributed by atoms with E-state index in [-0.39, 0.29) is 46.3 Å². The van der Waals surface area contributed by atoms with Crippen LogP contribution in [0.2, 0.25) is 10.0 Å². The van der Waals surface area contributed by atoms with Crippen molar-refractivity contribution in [3.63, 3.8) is 0 Å². The molecule has 4 aromatic rings. The number of anilines is 1. The molecule has 3 aromatic carbocycles. The van der Waals surface area contributed by atoms with Gasteiger partial charge in [0.15, 0.2) is 23.9 Å². The number of nitrogens with zero attached hydrogens (tertiary/aromatic N) is 3. The normalized spacial score (nSPS) is 18.5. The maximum Gasteiger partial charge on any atom is 0.415 e. The van der Waals surface area contributed by atoms with E-state index in [0.29, 0.717) is 39.5 Å². The van der Waals surface area contributed by atoms with E-state index in [2.05, 4.69) is 4.90 Å². The first-order valence-electron chi connectivity index (χ1n) is 16.3. The lowest BCUT2D eigenvalue weighted by Crippen LogP contribution is -2.53. The van der Waals surface area contributed by atoms with Gasteiger partial charge in [-0.3, -0.25) is 9.80 Å². The second-order valence-corrected chi connectivity index (χ2v) is 13.3. The zero-order valence-electron chi connectivity index (χ0n) is 27.8. The van der Waals surface area contributed by atoms with Crippen LogP contribution in [-0.4, -0.2) is 56.9 Å². The summed E-state index contributed by atoms with van der Waals surface area (Å²) in [6, 6.07) is 14.1. The predicted molar refractivity (Wildman–Crippen MR) is 185 cm³/mol. The van der Waals surface area contributed by atoms with Gasteiger partial charge < -0.3 is 24.2 Å². The maximum absolute atomic E-state index is 15.0. The number of pyridine rings is 1. The van der Waals surface area contributed by atoms with Gasteiger partial charge in [0.1, 0.15) is 33.9 Å². The van der Waals surface area contributed by atoms with E-state index in [0.717, 1.165) is 61.4 Å². The van der Waals surface area contributed by atoms with E-state index in [1.54, 1.807) is 30.3 Å². The topological polar surface area (TPSA) is 104 Å². The van der Waals surface area contributed by atoms with Crippen LogP contribution < -0.4 is 19.1 Å². The highest BCUT2D eigenvalue weighted by Gasteiger charge is 2.38. The second kappa shape index (κ2) is 15.7. The van der Waals surface area contributed by atoms with Gasteiger partial charge in [0, 0.05) is 24.6 Å². The molecular formula is C37H35Cl2F2N3O7. The fraction of sp³-hybridized carbons (Fsp3) is 0.324. The number of carbonyl (C=O) groups excluding carboxylic acids is 2. The molecule has 0 unspecified atom stereocenters. The SMILES string of the molecule is COc1ccc([C@H](Cc2c(Cl)c[n+]([O-])cc2Cl)OC(=O)c2ccc(CN(C(=O)O[C@H]3CN4CCC3CC4)c3cc(F)ccc3F)cc2)cc1OC. The molecule has 3 saturated heterocycles. The Hall–Kier alpha value is -4.65. The van der Waals surface area contributed by atoms with Crippen molar-refractivity contribution >= 4 is 41.0 Å². The van der Waals surface area contributed by atoms with Crippen molar-refractivity contribution in [1.82, 2.24) is 4.90 Å². The van der Waals surface area contributed by atoms with Crippen molar-refractivity contribution in [2.24, 2.45) is 5.92 Å². The molecule has 7 rings (SSSR count). The van der Waals surface area contributed by atoms with E-state index in [9.17, 15) is 19.2 Å². The standard InChI is InChI=1S/C37H35Cl2F2N3O7/c1-48-32-10-7-25(15-34(32)49-2)33(17-27-28(38)19-43(47)20-29(27)39)50-36(45)24-5-3-22(4-6-24)18-44(31-16-26(40)8-9-30(31)41)37(46)51-35-21-42-13-11-23(35)12-14-42/h3-10,15-16,19-20,23,33,35H,11-14,17-18,21H2,1-2H3/t33-,35-/m0/s1. The molecule has 10 nitrogen and oxygen atoms in total. The molecule has 14 heteroatoms. The largest absolute Gasteiger partial charge is 0.619 e. The van der Waals surface area contributed by atoms with Gasteiger partial charge in [0.2, 0.25) is 0 Å². The maximum atomic E-state index is 15.0. The number of ether oxygens (including phenoxy) is 4. The van der Waals surface area contributed by atoms with Crippen LogP contribution in [-0.2, 0) is 22.4 Å². The molecule has 3 aliphatic rings. The van der Waals surface area contributed by atoms with Crippen LogP contribution in [0.5, 0.6) is 11.5 Å². The van der Waals surface area contributed by atoms with E-state index in [4.69, 9.17) is 42.1 Å². The lowest BCUT2D eigenvalue weighted by atomic mass is 9.86. The molecule has 4 heterocycles. The summed E-state index contributed by atoms with van der Waals surface area (Å²) in [4.78, 5) is 30.4. The second-order valence-electron chi connectivity index (χ2n) is 12.4. The van der Waals surface area contributed by atoms with E-state index in [1.165, 1.54) is 26.4 Å². The number of esters is 1. The molecule has 0 saturated carbocycles. The Labute approximate surface area is 303 Å². The Bertz CT molecular complexity index is 1880. The molecule has 268 valence electrons. The summed E-state index contributed by atoms with van der Waals surface area (Å²) in [5.74, 6) is -1.12. The average Bonchev–Trinajstić information content (AvgIpc) is 3.13. The minimum Gasteiger partial charge on any atom is -0.619 e. The van der Waals surface area contributed by atoms with Crippen LogP contribution in [0.3, 0.4) is 0 Å². The molecule has 3 fully saturated rings. The number of rotatable bonds is 11. The first-order chi connectivity index (χ1) is 24.5. The van der Waals surface area contributed by atoms with Crippen LogP contribution in [0, 0.1) is 22.8 Å². The summed E-state index contributed by atoms with van der Waals surface area (Å²) in [6.45, 7) is 2.33. The molecule has 0 aliphatic carbocycles. The summed E-state index contributed by atoms with van der Waals surface area (Å²) >= 11 is 12.7. The summed E-state index contributed by atoms with van der Waals surface area (Å²) < 4.78 is 52.5. The van der Waals surface area contributed by atoms with Crippen LogP contribution >= 0.6 is 23.2 Å².